The Morgan fingerprint density at radius 1 is 1.62 bits per heavy atom. The van der Waals surface area contributed by atoms with Crippen LogP contribution in [0.25, 0.3) is 0 Å². The fraction of sp³-hybridized carbons (Fsp3) is 0.889. The lowest BCUT2D eigenvalue weighted by Crippen LogP contribution is -2.52. The van der Waals surface area contributed by atoms with Gasteiger partial charge in [-0.1, -0.05) is 0 Å². The van der Waals surface area contributed by atoms with Gasteiger partial charge in [0.2, 0.25) is 0 Å². The zero-order valence-corrected chi connectivity index (χ0v) is 8.83. The van der Waals surface area contributed by atoms with Crippen molar-refractivity contribution in [3.63, 3.8) is 0 Å². The molecule has 16 heavy (non-hydrogen) atoms. The van der Waals surface area contributed by atoms with E-state index < -0.39 is 30.8 Å². The number of hydrogen-bond donors (Lipinski definition) is 1. The van der Waals surface area contributed by atoms with Crippen LogP contribution in [0.3, 0.4) is 0 Å². The summed E-state index contributed by atoms with van der Waals surface area (Å²) in [5.74, 6) is -1.28. The molecular formula is C9H14F3NO3. The first-order valence-corrected chi connectivity index (χ1v) is 4.92. The summed E-state index contributed by atoms with van der Waals surface area (Å²) in [5.41, 5.74) is 0. The van der Waals surface area contributed by atoms with Crippen LogP contribution in [0.15, 0.2) is 0 Å². The lowest BCUT2D eigenvalue weighted by atomic mass is 10.1. The second-order valence-corrected chi connectivity index (χ2v) is 3.85. The number of carbonyl (C=O) groups is 1. The molecule has 0 aromatic rings. The average Bonchev–Trinajstić information content (AvgIpc) is 2.52. The maximum Gasteiger partial charge on any atom is 0.406 e. The molecule has 2 atom stereocenters. The third-order valence-electron chi connectivity index (χ3n) is 2.51. The van der Waals surface area contributed by atoms with E-state index in [0.29, 0.717) is 19.4 Å². The minimum Gasteiger partial charge on any atom is -0.480 e. The van der Waals surface area contributed by atoms with Crippen LogP contribution in [0.5, 0.6) is 0 Å². The molecule has 4 nitrogen and oxygen atoms in total. The average molecular weight is 241 g/mol. The number of halogens is 3. The van der Waals surface area contributed by atoms with Gasteiger partial charge < -0.3 is 9.84 Å². The van der Waals surface area contributed by atoms with Crippen LogP contribution in [0, 0.1) is 0 Å². The number of likely N-dealkylation sites (N-methyl/N-ethyl adjacent to an activating group) is 1. The highest BCUT2D eigenvalue weighted by atomic mass is 19.4. The van der Waals surface area contributed by atoms with Crippen molar-refractivity contribution in [3.05, 3.63) is 0 Å². The summed E-state index contributed by atoms with van der Waals surface area (Å²) in [7, 11) is 1.15. The number of ether oxygens (including phenoxy) is 1. The molecule has 0 radical (unpaired) electrons. The summed E-state index contributed by atoms with van der Waals surface area (Å²) < 4.78 is 43.3. The molecule has 1 N–H and O–H groups in total. The summed E-state index contributed by atoms with van der Waals surface area (Å²) in [6.45, 7) is -0.345. The third kappa shape index (κ3) is 3.34. The van der Waals surface area contributed by atoms with E-state index in [0.717, 1.165) is 11.9 Å². The zero-order chi connectivity index (χ0) is 12.3. The van der Waals surface area contributed by atoms with Crippen molar-refractivity contribution in [2.24, 2.45) is 0 Å². The van der Waals surface area contributed by atoms with Crippen molar-refractivity contribution in [1.82, 2.24) is 4.90 Å². The lowest BCUT2D eigenvalue weighted by molar-refractivity contribution is -0.206. The number of carboxylic acids is 1. The Balaban J connectivity index is 2.74. The highest BCUT2D eigenvalue weighted by molar-refractivity contribution is 5.69. The Morgan fingerprint density at radius 2 is 2.25 bits per heavy atom. The molecule has 0 amide bonds. The van der Waals surface area contributed by atoms with Gasteiger partial charge in [-0.2, -0.15) is 13.2 Å². The number of nitrogens with zero attached hydrogens (tertiary/aromatic N) is 1. The summed E-state index contributed by atoms with van der Waals surface area (Å²) >= 11 is 0. The van der Waals surface area contributed by atoms with E-state index >= 15 is 0 Å². The quantitative estimate of drug-likeness (QED) is 0.801. The predicted molar refractivity (Wildman–Crippen MR) is 49.1 cm³/mol. The molecule has 1 heterocycles. The van der Waals surface area contributed by atoms with E-state index in [-0.39, 0.29) is 0 Å². The molecule has 1 saturated heterocycles. The smallest absolute Gasteiger partial charge is 0.406 e. The summed E-state index contributed by atoms with van der Waals surface area (Å²) in [4.78, 5) is 11.2. The lowest BCUT2D eigenvalue weighted by Gasteiger charge is -2.32. The van der Waals surface area contributed by atoms with Crippen LogP contribution in [0.1, 0.15) is 12.8 Å². The van der Waals surface area contributed by atoms with Gasteiger partial charge in [-0.05, 0) is 19.9 Å². The van der Waals surface area contributed by atoms with Gasteiger partial charge in [-0.15, -0.1) is 0 Å². The highest BCUT2D eigenvalue weighted by Crippen LogP contribution is 2.31. The van der Waals surface area contributed by atoms with E-state index in [1.54, 1.807) is 0 Å². The molecule has 0 aromatic heterocycles. The van der Waals surface area contributed by atoms with Gasteiger partial charge in [0, 0.05) is 6.61 Å². The first-order valence-electron chi connectivity index (χ1n) is 4.92. The van der Waals surface area contributed by atoms with Gasteiger partial charge in [0.25, 0.3) is 0 Å². The van der Waals surface area contributed by atoms with Crippen LogP contribution >= 0.6 is 0 Å². The van der Waals surface area contributed by atoms with E-state index in [4.69, 9.17) is 9.84 Å². The molecule has 1 aliphatic heterocycles. The first-order chi connectivity index (χ1) is 7.32. The molecule has 94 valence electrons. The van der Waals surface area contributed by atoms with Crippen molar-refractivity contribution in [2.75, 3.05) is 20.2 Å². The summed E-state index contributed by atoms with van der Waals surface area (Å²) in [6, 6.07) is -1.84. The standard InChI is InChI=1S/C9H14F3NO3/c1-13(5-7(14)15)8(9(10,11)12)6-3-2-4-16-6/h6,8H,2-5H2,1H3,(H,14,15)/t6-,8-/m1/s1. The first kappa shape index (κ1) is 13.2. The normalized spacial score (nSPS) is 23.7. The molecular weight excluding hydrogens is 227 g/mol. The Bertz CT molecular complexity index is 251. The monoisotopic (exact) mass is 241 g/mol. The van der Waals surface area contributed by atoms with Gasteiger partial charge in [0.1, 0.15) is 6.04 Å². The van der Waals surface area contributed by atoms with Crippen LogP contribution in [-0.2, 0) is 9.53 Å². The van der Waals surface area contributed by atoms with E-state index in [9.17, 15) is 18.0 Å². The van der Waals surface area contributed by atoms with Gasteiger partial charge in [-0.3, -0.25) is 9.69 Å². The van der Waals surface area contributed by atoms with Crippen molar-refractivity contribution >= 4 is 5.97 Å². The Hall–Kier alpha value is -0.820. The van der Waals surface area contributed by atoms with Crippen molar-refractivity contribution in [3.8, 4) is 0 Å². The second-order valence-electron chi connectivity index (χ2n) is 3.85. The van der Waals surface area contributed by atoms with Gasteiger partial charge in [0.05, 0.1) is 12.6 Å². The molecule has 1 aliphatic rings. The summed E-state index contributed by atoms with van der Waals surface area (Å²) in [6.07, 6.45) is -4.53. The Kier molecular flexibility index (Phi) is 4.15. The SMILES string of the molecule is CN(CC(=O)O)[C@H]([C@H]1CCCO1)C(F)(F)F. The molecule has 0 unspecified atom stereocenters. The van der Waals surface area contributed by atoms with E-state index in [1.165, 1.54) is 0 Å². The van der Waals surface area contributed by atoms with Crippen molar-refractivity contribution in [1.29, 1.82) is 0 Å². The zero-order valence-electron chi connectivity index (χ0n) is 8.83. The number of alkyl halides is 3. The number of hydrogen-bond acceptors (Lipinski definition) is 3. The van der Waals surface area contributed by atoms with Gasteiger partial charge in [-0.25, -0.2) is 0 Å². The molecule has 1 fully saturated rings. The number of carboxylic acid groups (broad SMARTS) is 1. The van der Waals surface area contributed by atoms with Crippen LogP contribution in [0.4, 0.5) is 13.2 Å². The van der Waals surface area contributed by atoms with Crippen LogP contribution in [-0.4, -0.2) is 54.5 Å². The minimum absolute atomic E-state index is 0.304. The maximum atomic E-state index is 12.8. The number of rotatable bonds is 4. The molecule has 0 bridgehead atoms. The van der Waals surface area contributed by atoms with E-state index in [1.807, 2.05) is 0 Å². The molecule has 1 rings (SSSR count). The van der Waals surface area contributed by atoms with Crippen molar-refractivity contribution < 1.29 is 27.8 Å². The topological polar surface area (TPSA) is 49.8 Å². The number of aliphatic carboxylic acids is 1. The largest absolute Gasteiger partial charge is 0.480 e. The van der Waals surface area contributed by atoms with E-state index in [2.05, 4.69) is 0 Å². The molecule has 0 aliphatic carbocycles. The third-order valence-corrected chi connectivity index (χ3v) is 2.51. The second kappa shape index (κ2) is 5.01. The van der Waals surface area contributed by atoms with Crippen LogP contribution < -0.4 is 0 Å². The molecule has 7 heteroatoms. The van der Waals surface area contributed by atoms with Gasteiger partial charge in [0.15, 0.2) is 0 Å². The van der Waals surface area contributed by atoms with Crippen molar-refractivity contribution in [2.45, 2.75) is 31.2 Å². The summed E-state index contributed by atoms with van der Waals surface area (Å²) in [5, 5.41) is 8.49. The minimum atomic E-state index is -4.47. The predicted octanol–water partition coefficient (Wildman–Crippen LogP) is 1.11. The molecule has 0 spiro atoms. The van der Waals surface area contributed by atoms with Gasteiger partial charge >= 0.3 is 12.1 Å². The fourth-order valence-corrected chi connectivity index (χ4v) is 1.91. The Labute approximate surface area is 91.0 Å². The maximum absolute atomic E-state index is 12.8. The Morgan fingerprint density at radius 3 is 2.62 bits per heavy atom. The van der Waals surface area contributed by atoms with Crippen LogP contribution in [0.2, 0.25) is 0 Å². The fourth-order valence-electron chi connectivity index (χ4n) is 1.91. The molecule has 0 saturated carbocycles. The highest BCUT2D eigenvalue weighted by Gasteiger charge is 2.49. The molecule has 0 aromatic carbocycles.